The summed E-state index contributed by atoms with van der Waals surface area (Å²) in [6.07, 6.45) is -0.0971. The number of hydrogen-bond donors (Lipinski definition) is 2. The average molecular weight is 236 g/mol. The van der Waals surface area contributed by atoms with Crippen molar-refractivity contribution in [3.63, 3.8) is 0 Å². The summed E-state index contributed by atoms with van der Waals surface area (Å²) in [7, 11) is 0. The van der Waals surface area contributed by atoms with Gasteiger partial charge in [0.2, 0.25) is 5.91 Å². The number of hydrogen-bond acceptors (Lipinski definition) is 3. The van der Waals surface area contributed by atoms with Crippen molar-refractivity contribution >= 4 is 17.6 Å². The number of carboxylic acid groups (broad SMARTS) is 1. The minimum atomic E-state index is -0.937. The fourth-order valence-electron chi connectivity index (χ4n) is 1.56. The number of rotatable bonds is 5. The van der Waals surface area contributed by atoms with Crippen LogP contribution >= 0.6 is 0 Å². The third-order valence-electron chi connectivity index (χ3n) is 2.43. The molecule has 0 fully saturated rings. The van der Waals surface area contributed by atoms with Crippen LogP contribution in [0.2, 0.25) is 0 Å². The van der Waals surface area contributed by atoms with Gasteiger partial charge in [0.05, 0.1) is 13.0 Å². The Morgan fingerprint density at radius 1 is 1.35 bits per heavy atom. The Labute approximate surface area is 99.8 Å². The smallest absolute Gasteiger partial charge is 0.305 e. The van der Waals surface area contributed by atoms with E-state index < -0.39 is 5.97 Å². The molecule has 0 unspecified atom stereocenters. The van der Waals surface area contributed by atoms with Gasteiger partial charge in [0.15, 0.2) is 0 Å². The highest BCUT2D eigenvalue weighted by Gasteiger charge is 2.16. The fraction of sp³-hybridized carbons (Fsp3) is 0.333. The highest BCUT2D eigenvalue weighted by atomic mass is 16.4. The predicted octanol–water partition coefficient (Wildman–Crippen LogP) is 0.761. The third-order valence-corrected chi connectivity index (χ3v) is 2.43. The van der Waals surface area contributed by atoms with Crippen molar-refractivity contribution in [2.75, 3.05) is 18.0 Å². The van der Waals surface area contributed by atoms with Gasteiger partial charge < -0.3 is 15.7 Å². The number of amides is 1. The summed E-state index contributed by atoms with van der Waals surface area (Å²) in [5.74, 6) is -1.21. The molecular weight excluding hydrogens is 220 g/mol. The maximum atomic E-state index is 11.7. The van der Waals surface area contributed by atoms with Crippen LogP contribution in [0.3, 0.4) is 0 Å². The summed E-state index contributed by atoms with van der Waals surface area (Å²) in [5, 5.41) is 8.66. The fourth-order valence-corrected chi connectivity index (χ4v) is 1.56. The molecule has 0 atom stereocenters. The van der Waals surface area contributed by atoms with E-state index in [4.69, 9.17) is 10.8 Å². The molecule has 1 aromatic carbocycles. The maximum Gasteiger partial charge on any atom is 0.305 e. The summed E-state index contributed by atoms with van der Waals surface area (Å²) < 4.78 is 0. The monoisotopic (exact) mass is 236 g/mol. The van der Waals surface area contributed by atoms with Crippen LogP contribution in [0.1, 0.15) is 12.0 Å². The molecule has 0 aromatic heterocycles. The minimum absolute atomic E-state index is 0.0971. The molecule has 0 aliphatic heterocycles. The summed E-state index contributed by atoms with van der Waals surface area (Å²) in [6, 6.07) is 7.32. The summed E-state index contributed by atoms with van der Waals surface area (Å²) in [6.45, 7) is 1.87. The van der Waals surface area contributed by atoms with Crippen molar-refractivity contribution in [3.05, 3.63) is 29.8 Å². The van der Waals surface area contributed by atoms with Crippen molar-refractivity contribution < 1.29 is 14.7 Å². The molecule has 5 heteroatoms. The van der Waals surface area contributed by atoms with E-state index in [1.165, 1.54) is 4.90 Å². The van der Waals surface area contributed by atoms with E-state index in [1.54, 1.807) is 12.1 Å². The number of carboxylic acids is 1. The number of anilines is 1. The van der Waals surface area contributed by atoms with Gasteiger partial charge in [0.1, 0.15) is 0 Å². The largest absolute Gasteiger partial charge is 0.481 e. The Morgan fingerprint density at radius 3 is 2.53 bits per heavy atom. The van der Waals surface area contributed by atoms with Gasteiger partial charge in [-0.05, 0) is 18.6 Å². The molecular formula is C12H16N2O3. The second-order valence-electron chi connectivity index (χ2n) is 3.68. The number of benzene rings is 1. The Hall–Kier alpha value is -1.88. The Bertz CT molecular complexity index is 418. The van der Waals surface area contributed by atoms with Crippen LogP contribution in [-0.4, -0.2) is 30.1 Å². The minimum Gasteiger partial charge on any atom is -0.481 e. The number of aliphatic carboxylic acids is 1. The van der Waals surface area contributed by atoms with E-state index >= 15 is 0 Å². The van der Waals surface area contributed by atoms with Crippen molar-refractivity contribution in [3.8, 4) is 0 Å². The highest BCUT2D eigenvalue weighted by Crippen LogP contribution is 2.19. The first-order valence-electron chi connectivity index (χ1n) is 5.34. The Kier molecular flexibility index (Phi) is 4.66. The van der Waals surface area contributed by atoms with Crippen LogP contribution in [0.4, 0.5) is 5.69 Å². The number of carbonyl (C=O) groups is 2. The topological polar surface area (TPSA) is 83.6 Å². The molecule has 0 saturated carbocycles. The summed E-state index contributed by atoms with van der Waals surface area (Å²) in [5.41, 5.74) is 6.96. The molecule has 1 amide bonds. The zero-order valence-corrected chi connectivity index (χ0v) is 9.72. The average Bonchev–Trinajstić information content (AvgIpc) is 2.30. The van der Waals surface area contributed by atoms with Gasteiger partial charge in [-0.3, -0.25) is 9.59 Å². The zero-order valence-electron chi connectivity index (χ0n) is 9.72. The number of para-hydroxylation sites is 1. The normalized spacial score (nSPS) is 10.0. The van der Waals surface area contributed by atoms with Crippen molar-refractivity contribution in [2.24, 2.45) is 5.73 Å². The molecule has 1 rings (SSSR count). The van der Waals surface area contributed by atoms with Crippen molar-refractivity contribution in [1.82, 2.24) is 0 Å². The number of carbonyl (C=O) groups excluding carboxylic acids is 1. The Balaban J connectivity index is 2.94. The zero-order chi connectivity index (χ0) is 12.8. The lowest BCUT2D eigenvalue weighted by atomic mass is 10.1. The van der Waals surface area contributed by atoms with Gasteiger partial charge in [0, 0.05) is 12.2 Å². The number of aryl methyl sites for hydroxylation is 1. The van der Waals surface area contributed by atoms with E-state index in [0.717, 1.165) is 5.56 Å². The lowest BCUT2D eigenvalue weighted by Gasteiger charge is -2.23. The van der Waals surface area contributed by atoms with Crippen molar-refractivity contribution in [1.29, 1.82) is 0 Å². The predicted molar refractivity (Wildman–Crippen MR) is 64.8 cm³/mol. The molecule has 0 radical (unpaired) electrons. The third kappa shape index (κ3) is 3.57. The molecule has 0 aliphatic rings. The second kappa shape index (κ2) is 6.00. The molecule has 5 nitrogen and oxygen atoms in total. The lowest BCUT2D eigenvalue weighted by molar-refractivity contribution is -0.136. The van der Waals surface area contributed by atoms with Crippen LogP contribution in [0, 0.1) is 6.92 Å². The molecule has 0 spiro atoms. The molecule has 92 valence electrons. The first kappa shape index (κ1) is 13.2. The van der Waals surface area contributed by atoms with Crippen LogP contribution in [0.15, 0.2) is 24.3 Å². The van der Waals surface area contributed by atoms with Crippen LogP contribution < -0.4 is 10.6 Å². The van der Waals surface area contributed by atoms with Crippen molar-refractivity contribution in [2.45, 2.75) is 13.3 Å². The first-order chi connectivity index (χ1) is 8.06. The van der Waals surface area contributed by atoms with Gasteiger partial charge in [-0.15, -0.1) is 0 Å². The number of nitrogens with zero attached hydrogens (tertiary/aromatic N) is 1. The van der Waals surface area contributed by atoms with E-state index in [9.17, 15) is 9.59 Å². The summed E-state index contributed by atoms with van der Waals surface area (Å²) >= 11 is 0. The molecule has 0 saturated heterocycles. The molecule has 0 heterocycles. The van der Waals surface area contributed by atoms with Crippen LogP contribution in [0.5, 0.6) is 0 Å². The first-order valence-corrected chi connectivity index (χ1v) is 5.34. The van der Waals surface area contributed by atoms with Gasteiger partial charge in [-0.2, -0.15) is 0 Å². The quantitative estimate of drug-likeness (QED) is 0.790. The van der Waals surface area contributed by atoms with Gasteiger partial charge in [-0.1, -0.05) is 18.2 Å². The number of nitrogens with two attached hydrogens (primary N) is 1. The molecule has 17 heavy (non-hydrogen) atoms. The van der Waals surface area contributed by atoms with Gasteiger partial charge >= 0.3 is 5.97 Å². The lowest BCUT2D eigenvalue weighted by Crippen LogP contribution is -2.38. The maximum absolute atomic E-state index is 11.7. The molecule has 3 N–H and O–H groups in total. The van der Waals surface area contributed by atoms with E-state index in [-0.39, 0.29) is 25.4 Å². The molecule has 0 aliphatic carbocycles. The van der Waals surface area contributed by atoms with Crippen LogP contribution in [-0.2, 0) is 9.59 Å². The highest BCUT2D eigenvalue weighted by molar-refractivity contribution is 5.95. The Morgan fingerprint density at radius 2 is 2.00 bits per heavy atom. The molecule has 0 bridgehead atoms. The standard InChI is InChI=1S/C12H16N2O3/c1-9-4-2-3-5-10(9)14(11(15)8-13)7-6-12(16)17/h2-5H,6-8,13H2,1H3,(H,16,17). The van der Waals surface area contributed by atoms with E-state index in [2.05, 4.69) is 0 Å². The van der Waals surface area contributed by atoms with E-state index in [0.29, 0.717) is 5.69 Å². The second-order valence-corrected chi connectivity index (χ2v) is 3.68. The van der Waals surface area contributed by atoms with Crippen LogP contribution in [0.25, 0.3) is 0 Å². The van der Waals surface area contributed by atoms with Gasteiger partial charge in [-0.25, -0.2) is 0 Å². The molecule has 1 aromatic rings. The SMILES string of the molecule is Cc1ccccc1N(CCC(=O)O)C(=O)CN. The summed E-state index contributed by atoms with van der Waals surface area (Å²) in [4.78, 5) is 23.7. The van der Waals surface area contributed by atoms with E-state index in [1.807, 2.05) is 19.1 Å². The van der Waals surface area contributed by atoms with Gasteiger partial charge in [0.25, 0.3) is 0 Å².